The Kier molecular flexibility index (Phi) is 3.69. The van der Waals surface area contributed by atoms with E-state index in [0.717, 1.165) is 5.69 Å². The van der Waals surface area contributed by atoms with Crippen molar-refractivity contribution in [3.63, 3.8) is 0 Å². The van der Waals surface area contributed by atoms with Gasteiger partial charge in [0, 0.05) is 5.69 Å². The first-order chi connectivity index (χ1) is 7.13. The molecule has 0 unspecified atom stereocenters. The fraction of sp³-hybridized carbons (Fsp3) is 0.273. The third-order valence-electron chi connectivity index (χ3n) is 1.68. The van der Waals surface area contributed by atoms with Crippen molar-refractivity contribution in [2.45, 2.75) is 13.3 Å². The van der Waals surface area contributed by atoms with E-state index < -0.39 is 5.97 Å². The van der Waals surface area contributed by atoms with Gasteiger partial charge >= 0.3 is 5.97 Å². The number of rotatable bonds is 1. The average molecular weight is 205 g/mol. The number of methoxy groups -OCH3 is 1. The predicted octanol–water partition coefficient (Wildman–Crippen LogP) is 1.01. The topological polar surface area (TPSA) is 59.4 Å². The molecule has 1 aromatic rings. The molecule has 0 bridgehead atoms. The molecular formula is C11H11NO3. The number of pyridine rings is 1. The first kappa shape index (κ1) is 11.1. The first-order valence-electron chi connectivity index (χ1n) is 4.36. The highest BCUT2D eigenvalue weighted by Gasteiger charge is 1.99. The summed E-state index contributed by atoms with van der Waals surface area (Å²) in [7, 11) is 1.30. The van der Waals surface area contributed by atoms with Gasteiger partial charge in [0.25, 0.3) is 0 Å². The van der Waals surface area contributed by atoms with Gasteiger partial charge in [-0.25, -0.2) is 4.98 Å². The largest absolute Gasteiger partial charge is 0.505 e. The molecule has 0 aromatic carbocycles. The molecular weight excluding hydrogens is 194 g/mol. The van der Waals surface area contributed by atoms with Gasteiger partial charge in [-0.2, -0.15) is 0 Å². The molecule has 0 aliphatic rings. The maximum atomic E-state index is 10.7. The van der Waals surface area contributed by atoms with Gasteiger partial charge in [-0.05, 0) is 25.0 Å². The molecule has 0 radical (unpaired) electrons. The molecule has 0 aliphatic carbocycles. The van der Waals surface area contributed by atoms with Gasteiger partial charge in [0.15, 0.2) is 5.69 Å². The summed E-state index contributed by atoms with van der Waals surface area (Å²) in [6, 6.07) is 3.20. The lowest BCUT2D eigenvalue weighted by atomic mass is 10.3. The highest BCUT2D eigenvalue weighted by atomic mass is 16.5. The van der Waals surface area contributed by atoms with Crippen LogP contribution in [0, 0.1) is 18.8 Å². The molecule has 0 saturated carbocycles. The van der Waals surface area contributed by atoms with Crippen molar-refractivity contribution in [3.8, 4) is 17.6 Å². The number of ether oxygens (including phenoxy) is 1. The maximum absolute atomic E-state index is 10.7. The summed E-state index contributed by atoms with van der Waals surface area (Å²) in [4.78, 5) is 14.8. The molecule has 4 heteroatoms. The first-order valence-corrected chi connectivity index (χ1v) is 4.36. The minimum Gasteiger partial charge on any atom is -0.505 e. The zero-order valence-corrected chi connectivity index (χ0v) is 8.57. The second-order valence-electron chi connectivity index (χ2n) is 2.88. The smallest absolute Gasteiger partial charge is 0.317 e. The Bertz CT molecular complexity index is 429. The van der Waals surface area contributed by atoms with Crippen molar-refractivity contribution in [1.82, 2.24) is 4.98 Å². The van der Waals surface area contributed by atoms with Crippen LogP contribution in [0.2, 0.25) is 0 Å². The standard InChI is InChI=1S/C11H11NO3/c1-8-6-7-10(13)9(12-8)4-3-5-11(14)15-2/h6-7,13H,5H2,1-2H3. The van der Waals surface area contributed by atoms with E-state index in [1.165, 1.54) is 13.2 Å². The molecule has 4 nitrogen and oxygen atoms in total. The lowest BCUT2D eigenvalue weighted by molar-refractivity contribution is -0.139. The number of aromatic hydroxyl groups is 1. The van der Waals surface area contributed by atoms with Crippen molar-refractivity contribution < 1.29 is 14.6 Å². The molecule has 1 heterocycles. The van der Waals surface area contributed by atoms with Gasteiger partial charge < -0.3 is 9.84 Å². The summed E-state index contributed by atoms with van der Waals surface area (Å²) in [6.45, 7) is 1.80. The Labute approximate surface area is 87.9 Å². The lowest BCUT2D eigenvalue weighted by Gasteiger charge is -1.96. The van der Waals surface area contributed by atoms with Crippen LogP contribution in [0.3, 0.4) is 0 Å². The van der Waals surface area contributed by atoms with Crippen molar-refractivity contribution in [2.24, 2.45) is 0 Å². The summed E-state index contributed by atoms with van der Waals surface area (Å²) in [5.41, 5.74) is 1.04. The minimum absolute atomic E-state index is 0.00837. The Hall–Kier alpha value is -2.02. The zero-order chi connectivity index (χ0) is 11.3. The number of carbonyl (C=O) groups excluding carboxylic acids is 1. The van der Waals surface area contributed by atoms with Gasteiger partial charge in [0.05, 0.1) is 7.11 Å². The predicted molar refractivity (Wildman–Crippen MR) is 54.1 cm³/mol. The second kappa shape index (κ2) is 5.01. The normalized spacial score (nSPS) is 8.93. The molecule has 15 heavy (non-hydrogen) atoms. The molecule has 0 atom stereocenters. The molecule has 78 valence electrons. The fourth-order valence-electron chi connectivity index (χ4n) is 0.914. The Morgan fingerprint density at radius 2 is 2.33 bits per heavy atom. The number of hydrogen-bond donors (Lipinski definition) is 1. The van der Waals surface area contributed by atoms with E-state index in [9.17, 15) is 9.90 Å². The van der Waals surface area contributed by atoms with Crippen molar-refractivity contribution >= 4 is 5.97 Å². The van der Waals surface area contributed by atoms with Crippen LogP contribution >= 0.6 is 0 Å². The third kappa shape index (κ3) is 3.31. The third-order valence-corrected chi connectivity index (χ3v) is 1.68. The van der Waals surface area contributed by atoms with E-state index in [1.807, 2.05) is 0 Å². The van der Waals surface area contributed by atoms with E-state index in [2.05, 4.69) is 21.6 Å². The van der Waals surface area contributed by atoms with Crippen LogP contribution in [-0.4, -0.2) is 23.2 Å². The number of aryl methyl sites for hydroxylation is 1. The van der Waals surface area contributed by atoms with E-state index in [-0.39, 0.29) is 17.9 Å². The van der Waals surface area contributed by atoms with Crippen LogP contribution in [0.4, 0.5) is 0 Å². The number of nitrogens with zero attached hydrogens (tertiary/aromatic N) is 1. The van der Waals surface area contributed by atoms with Crippen LogP contribution in [0.5, 0.6) is 5.75 Å². The quantitative estimate of drug-likeness (QED) is 0.549. The number of carbonyl (C=O) groups is 1. The highest BCUT2D eigenvalue weighted by molar-refractivity contribution is 5.72. The van der Waals surface area contributed by atoms with Crippen LogP contribution in [-0.2, 0) is 9.53 Å². The Morgan fingerprint density at radius 1 is 1.60 bits per heavy atom. The van der Waals surface area contributed by atoms with Crippen LogP contribution in [0.25, 0.3) is 0 Å². The summed E-state index contributed by atoms with van der Waals surface area (Å²) < 4.78 is 4.42. The average Bonchev–Trinajstić information content (AvgIpc) is 2.23. The van der Waals surface area contributed by atoms with Gasteiger partial charge in [-0.3, -0.25) is 4.79 Å². The van der Waals surface area contributed by atoms with Crippen molar-refractivity contribution in [3.05, 3.63) is 23.5 Å². The van der Waals surface area contributed by atoms with Gasteiger partial charge in [0.1, 0.15) is 12.2 Å². The van der Waals surface area contributed by atoms with Gasteiger partial charge in [0.2, 0.25) is 0 Å². The van der Waals surface area contributed by atoms with Crippen LogP contribution in [0.1, 0.15) is 17.8 Å². The van der Waals surface area contributed by atoms with Gasteiger partial charge in [-0.15, -0.1) is 0 Å². The monoisotopic (exact) mass is 205 g/mol. The molecule has 1 aromatic heterocycles. The van der Waals surface area contributed by atoms with Crippen molar-refractivity contribution in [1.29, 1.82) is 0 Å². The molecule has 0 fully saturated rings. The fourth-order valence-corrected chi connectivity index (χ4v) is 0.914. The molecule has 1 N–H and O–H groups in total. The Morgan fingerprint density at radius 3 is 3.00 bits per heavy atom. The summed E-state index contributed by atoms with van der Waals surface area (Å²) in [6.07, 6.45) is -0.00837. The molecule has 1 rings (SSSR count). The Balaban J connectivity index is 2.79. The lowest BCUT2D eigenvalue weighted by Crippen LogP contribution is -1.97. The van der Waals surface area contributed by atoms with Crippen LogP contribution < -0.4 is 0 Å². The van der Waals surface area contributed by atoms with Gasteiger partial charge in [-0.1, -0.05) is 5.92 Å². The van der Waals surface area contributed by atoms with Crippen molar-refractivity contribution in [2.75, 3.05) is 7.11 Å². The number of aromatic nitrogens is 1. The number of hydrogen-bond acceptors (Lipinski definition) is 4. The summed E-state index contributed by atoms with van der Waals surface area (Å²) in [5.74, 6) is 4.78. The summed E-state index contributed by atoms with van der Waals surface area (Å²) in [5, 5.41) is 9.38. The maximum Gasteiger partial charge on any atom is 0.317 e. The van der Waals surface area contributed by atoms with Crippen LogP contribution in [0.15, 0.2) is 12.1 Å². The molecule has 0 aliphatic heterocycles. The van der Waals surface area contributed by atoms with E-state index in [1.54, 1.807) is 13.0 Å². The van der Waals surface area contributed by atoms with E-state index in [4.69, 9.17) is 0 Å². The molecule has 0 amide bonds. The highest BCUT2D eigenvalue weighted by Crippen LogP contribution is 2.12. The minimum atomic E-state index is -0.408. The zero-order valence-electron chi connectivity index (χ0n) is 8.57. The molecule has 0 saturated heterocycles. The van der Waals surface area contributed by atoms with E-state index in [0.29, 0.717) is 0 Å². The molecule has 0 spiro atoms. The second-order valence-corrected chi connectivity index (χ2v) is 2.88. The summed E-state index contributed by atoms with van der Waals surface area (Å²) >= 11 is 0. The van der Waals surface area contributed by atoms with E-state index >= 15 is 0 Å². The number of esters is 1. The SMILES string of the molecule is COC(=O)CC#Cc1nc(C)ccc1O.